The lowest BCUT2D eigenvalue weighted by molar-refractivity contribution is 0.106. The van der Waals surface area contributed by atoms with Gasteiger partial charge in [0.25, 0.3) is 0 Å². The Balaban J connectivity index is 2.08. The summed E-state index contributed by atoms with van der Waals surface area (Å²) in [5.41, 5.74) is 0. The summed E-state index contributed by atoms with van der Waals surface area (Å²) in [6.45, 7) is 6.26. The van der Waals surface area contributed by atoms with Crippen LogP contribution in [0.15, 0.2) is 11.5 Å². The van der Waals surface area contributed by atoms with Gasteiger partial charge in [-0.15, -0.1) is 0 Å². The molecule has 4 nitrogen and oxygen atoms in total. The molecule has 2 heterocycles. The van der Waals surface area contributed by atoms with Gasteiger partial charge in [-0.3, -0.25) is 4.90 Å². The minimum absolute atomic E-state index is 0.0844. The van der Waals surface area contributed by atoms with Gasteiger partial charge in [-0.1, -0.05) is 19.9 Å². The number of hydrogen-bond donors (Lipinski definition) is 1. The van der Waals surface area contributed by atoms with Gasteiger partial charge in [0.05, 0.1) is 5.75 Å². The van der Waals surface area contributed by atoms with Crippen LogP contribution >= 0.6 is 0 Å². The fourth-order valence-corrected chi connectivity index (χ4v) is 4.02. The van der Waals surface area contributed by atoms with E-state index in [4.69, 9.17) is 0 Å². The molecule has 1 fully saturated rings. The van der Waals surface area contributed by atoms with Crippen molar-refractivity contribution in [3.05, 3.63) is 11.5 Å². The van der Waals surface area contributed by atoms with Crippen molar-refractivity contribution in [1.29, 1.82) is 0 Å². The smallest absolute Gasteiger partial charge is 0.173 e. The van der Waals surface area contributed by atoms with Crippen LogP contribution < -0.4 is 5.32 Å². The fraction of sp³-hybridized carbons (Fsp3) is 0.833. The maximum absolute atomic E-state index is 11.5. The van der Waals surface area contributed by atoms with Gasteiger partial charge in [0.15, 0.2) is 9.84 Å². The SMILES string of the molecule is CCC1CN(C2C=CS(=O)(=O)C2)C(CC)CN1. The summed E-state index contributed by atoms with van der Waals surface area (Å²) in [5.74, 6) is 0.264. The van der Waals surface area contributed by atoms with Crippen LogP contribution in [0.3, 0.4) is 0 Å². The predicted octanol–water partition coefficient (Wildman–Crippen LogP) is 0.759. The Morgan fingerprint density at radius 3 is 2.65 bits per heavy atom. The minimum Gasteiger partial charge on any atom is -0.311 e. The Kier molecular flexibility index (Phi) is 3.90. The Hall–Kier alpha value is -0.390. The standard InChI is InChI=1S/C12H22N2O2S/c1-3-10-8-14(11(4-2)7-13-10)12-5-6-17(15,16)9-12/h5-6,10-13H,3-4,7-9H2,1-2H3. The molecular formula is C12H22N2O2S. The average molecular weight is 258 g/mol. The number of nitrogens with one attached hydrogen (secondary N) is 1. The third-order valence-corrected chi connectivity index (χ3v) is 5.22. The summed E-state index contributed by atoms with van der Waals surface area (Å²) in [5, 5.41) is 4.91. The molecular weight excluding hydrogens is 236 g/mol. The second kappa shape index (κ2) is 5.08. The molecule has 1 saturated heterocycles. The molecule has 0 aromatic heterocycles. The average Bonchev–Trinajstić information content (AvgIpc) is 2.68. The van der Waals surface area contributed by atoms with Crippen LogP contribution in [0.5, 0.6) is 0 Å². The monoisotopic (exact) mass is 258 g/mol. The maximum atomic E-state index is 11.5. The molecule has 0 aliphatic carbocycles. The summed E-state index contributed by atoms with van der Waals surface area (Å²) in [7, 11) is -2.94. The number of rotatable bonds is 3. The third kappa shape index (κ3) is 2.89. The van der Waals surface area contributed by atoms with E-state index in [1.807, 2.05) is 6.08 Å². The topological polar surface area (TPSA) is 49.4 Å². The van der Waals surface area contributed by atoms with E-state index in [-0.39, 0.29) is 11.8 Å². The summed E-state index contributed by atoms with van der Waals surface area (Å²) in [6, 6.07) is 1.04. The fourth-order valence-electron chi connectivity index (χ4n) is 2.71. The number of sulfone groups is 1. The molecule has 3 unspecified atom stereocenters. The van der Waals surface area contributed by atoms with Crippen LogP contribution in [0.4, 0.5) is 0 Å². The molecule has 0 amide bonds. The highest BCUT2D eigenvalue weighted by atomic mass is 32.2. The van der Waals surface area contributed by atoms with Gasteiger partial charge in [-0.05, 0) is 12.8 Å². The van der Waals surface area contributed by atoms with Gasteiger partial charge in [-0.2, -0.15) is 0 Å². The quantitative estimate of drug-likeness (QED) is 0.812. The van der Waals surface area contributed by atoms with Gasteiger partial charge < -0.3 is 5.32 Å². The zero-order valence-electron chi connectivity index (χ0n) is 10.6. The van der Waals surface area contributed by atoms with Crippen molar-refractivity contribution < 1.29 is 8.42 Å². The molecule has 17 heavy (non-hydrogen) atoms. The second-order valence-corrected chi connectivity index (χ2v) is 6.93. The van der Waals surface area contributed by atoms with Gasteiger partial charge in [0.2, 0.25) is 0 Å². The second-order valence-electron chi connectivity index (χ2n) is 5.00. The Morgan fingerprint density at radius 2 is 2.12 bits per heavy atom. The summed E-state index contributed by atoms with van der Waals surface area (Å²) >= 11 is 0. The largest absolute Gasteiger partial charge is 0.311 e. The van der Waals surface area contributed by atoms with E-state index in [9.17, 15) is 8.42 Å². The lowest BCUT2D eigenvalue weighted by Gasteiger charge is -2.42. The molecule has 2 aliphatic rings. The van der Waals surface area contributed by atoms with E-state index in [2.05, 4.69) is 24.1 Å². The van der Waals surface area contributed by atoms with E-state index >= 15 is 0 Å². The van der Waals surface area contributed by atoms with Crippen LogP contribution in [0.1, 0.15) is 26.7 Å². The van der Waals surface area contributed by atoms with E-state index in [1.54, 1.807) is 0 Å². The first-order valence-corrected chi connectivity index (χ1v) is 8.17. The molecule has 0 bridgehead atoms. The van der Waals surface area contributed by atoms with E-state index in [0.29, 0.717) is 12.1 Å². The van der Waals surface area contributed by atoms with Gasteiger partial charge in [0.1, 0.15) is 0 Å². The van der Waals surface area contributed by atoms with Crippen LogP contribution in [0, 0.1) is 0 Å². The summed E-state index contributed by atoms with van der Waals surface area (Å²) in [6.07, 6.45) is 4.01. The lowest BCUT2D eigenvalue weighted by Crippen LogP contribution is -2.59. The molecule has 5 heteroatoms. The Bertz CT molecular complexity index is 391. The maximum Gasteiger partial charge on any atom is 0.173 e. The van der Waals surface area contributed by atoms with Crippen molar-refractivity contribution in [2.45, 2.75) is 44.8 Å². The zero-order valence-corrected chi connectivity index (χ0v) is 11.4. The molecule has 0 spiro atoms. The Morgan fingerprint density at radius 1 is 1.35 bits per heavy atom. The third-order valence-electron chi connectivity index (χ3n) is 3.84. The molecule has 3 atom stereocenters. The van der Waals surface area contributed by atoms with Crippen molar-refractivity contribution >= 4 is 9.84 Å². The van der Waals surface area contributed by atoms with Crippen molar-refractivity contribution in [2.75, 3.05) is 18.8 Å². The molecule has 0 radical (unpaired) electrons. The minimum atomic E-state index is -2.94. The normalized spacial score (nSPS) is 37.4. The molecule has 2 rings (SSSR count). The summed E-state index contributed by atoms with van der Waals surface area (Å²) in [4.78, 5) is 2.37. The van der Waals surface area contributed by atoms with E-state index in [1.165, 1.54) is 5.41 Å². The van der Waals surface area contributed by atoms with Crippen LogP contribution in [-0.2, 0) is 9.84 Å². The van der Waals surface area contributed by atoms with Crippen molar-refractivity contribution in [3.8, 4) is 0 Å². The van der Waals surface area contributed by atoms with Gasteiger partial charge in [-0.25, -0.2) is 8.42 Å². The highest BCUT2D eigenvalue weighted by molar-refractivity contribution is 7.94. The first-order chi connectivity index (χ1) is 8.05. The van der Waals surface area contributed by atoms with Crippen molar-refractivity contribution in [2.24, 2.45) is 0 Å². The first-order valence-electron chi connectivity index (χ1n) is 6.45. The highest BCUT2D eigenvalue weighted by Crippen LogP contribution is 2.21. The first kappa shape index (κ1) is 13.1. The Labute approximate surface area is 104 Å². The highest BCUT2D eigenvalue weighted by Gasteiger charge is 2.34. The molecule has 0 saturated carbocycles. The zero-order chi connectivity index (χ0) is 12.5. The van der Waals surface area contributed by atoms with Crippen molar-refractivity contribution in [3.63, 3.8) is 0 Å². The van der Waals surface area contributed by atoms with Gasteiger partial charge >= 0.3 is 0 Å². The lowest BCUT2D eigenvalue weighted by atomic mass is 10.0. The molecule has 98 valence electrons. The van der Waals surface area contributed by atoms with E-state index < -0.39 is 9.84 Å². The number of hydrogen-bond acceptors (Lipinski definition) is 4. The molecule has 0 aromatic carbocycles. The number of nitrogens with zero attached hydrogens (tertiary/aromatic N) is 1. The predicted molar refractivity (Wildman–Crippen MR) is 69.6 cm³/mol. The molecule has 1 N–H and O–H groups in total. The van der Waals surface area contributed by atoms with Crippen LogP contribution in [-0.4, -0.2) is 50.3 Å². The molecule has 2 aliphatic heterocycles. The van der Waals surface area contributed by atoms with Crippen LogP contribution in [0.25, 0.3) is 0 Å². The number of piperazine rings is 1. The van der Waals surface area contributed by atoms with E-state index in [0.717, 1.165) is 25.9 Å². The summed E-state index contributed by atoms with van der Waals surface area (Å²) < 4.78 is 23.0. The molecule has 0 aromatic rings. The van der Waals surface area contributed by atoms with Crippen molar-refractivity contribution in [1.82, 2.24) is 10.2 Å². The van der Waals surface area contributed by atoms with Crippen LogP contribution in [0.2, 0.25) is 0 Å². The van der Waals surface area contributed by atoms with Gasteiger partial charge in [0, 0.05) is 36.6 Å².